The average molecular weight is 279 g/mol. The van der Waals surface area contributed by atoms with Gasteiger partial charge in [-0.25, -0.2) is 0 Å². The largest absolute Gasteiger partial charge is 0.493 e. The Labute approximate surface area is 116 Å². The molecule has 0 radical (unpaired) electrons. The first-order valence-corrected chi connectivity index (χ1v) is 6.37. The maximum absolute atomic E-state index is 12.0. The van der Waals surface area contributed by atoms with Crippen LogP contribution in [0.3, 0.4) is 0 Å². The normalized spacial score (nSPS) is 11.0. The molecule has 0 saturated heterocycles. The molecule has 19 heavy (non-hydrogen) atoms. The molecule has 0 unspecified atom stereocenters. The van der Waals surface area contributed by atoms with E-state index in [9.17, 15) is 9.90 Å². The minimum absolute atomic E-state index is 0.0865. The van der Waals surface area contributed by atoms with Crippen molar-refractivity contribution in [1.82, 2.24) is 9.97 Å². The standard InChI is InChI=1S/C14H15ClN2O2/c1-7(2)11-13(18)16-12(17-14(11)19)10-5-4-9(15)6-8(10)3/h4-7H,1-3H3,(H2,16,17,18,19). The van der Waals surface area contributed by atoms with E-state index in [2.05, 4.69) is 9.97 Å². The molecule has 0 aliphatic carbocycles. The number of benzene rings is 1. The molecule has 2 rings (SSSR count). The summed E-state index contributed by atoms with van der Waals surface area (Å²) in [5.74, 6) is 0.0424. The lowest BCUT2D eigenvalue weighted by Gasteiger charge is -2.10. The van der Waals surface area contributed by atoms with Crippen LogP contribution in [0.4, 0.5) is 0 Å². The Kier molecular flexibility index (Phi) is 3.62. The summed E-state index contributed by atoms with van der Waals surface area (Å²) in [5, 5.41) is 10.5. The molecule has 0 fully saturated rings. The molecule has 0 atom stereocenters. The smallest absolute Gasteiger partial charge is 0.258 e. The first-order chi connectivity index (χ1) is 8.90. The number of aromatic hydroxyl groups is 1. The van der Waals surface area contributed by atoms with Crippen molar-refractivity contribution in [2.75, 3.05) is 0 Å². The van der Waals surface area contributed by atoms with E-state index < -0.39 is 0 Å². The first-order valence-electron chi connectivity index (χ1n) is 6.00. The van der Waals surface area contributed by atoms with E-state index in [0.717, 1.165) is 11.1 Å². The van der Waals surface area contributed by atoms with E-state index in [4.69, 9.17) is 11.6 Å². The van der Waals surface area contributed by atoms with Crippen LogP contribution in [0.2, 0.25) is 5.02 Å². The summed E-state index contributed by atoms with van der Waals surface area (Å²) in [6.07, 6.45) is 0. The lowest BCUT2D eigenvalue weighted by molar-refractivity contribution is 0.440. The summed E-state index contributed by atoms with van der Waals surface area (Å²) in [4.78, 5) is 18.8. The Morgan fingerprint density at radius 2 is 2.05 bits per heavy atom. The number of halogens is 1. The molecule has 0 spiro atoms. The van der Waals surface area contributed by atoms with E-state index >= 15 is 0 Å². The number of aryl methyl sites for hydroxylation is 1. The van der Waals surface area contributed by atoms with E-state index in [1.54, 1.807) is 18.2 Å². The van der Waals surface area contributed by atoms with Crippen molar-refractivity contribution in [3.63, 3.8) is 0 Å². The molecule has 5 heteroatoms. The molecule has 0 aliphatic rings. The maximum Gasteiger partial charge on any atom is 0.258 e. The lowest BCUT2D eigenvalue weighted by Crippen LogP contribution is -2.16. The zero-order chi connectivity index (χ0) is 14.2. The number of hydrogen-bond donors (Lipinski definition) is 2. The van der Waals surface area contributed by atoms with Crippen molar-refractivity contribution < 1.29 is 5.11 Å². The van der Waals surface area contributed by atoms with Gasteiger partial charge in [0.2, 0.25) is 5.88 Å². The van der Waals surface area contributed by atoms with Gasteiger partial charge in [0.25, 0.3) is 5.56 Å². The van der Waals surface area contributed by atoms with Crippen molar-refractivity contribution in [3.05, 3.63) is 44.7 Å². The first kappa shape index (κ1) is 13.6. The third-order valence-corrected chi connectivity index (χ3v) is 3.19. The Morgan fingerprint density at radius 3 is 2.58 bits per heavy atom. The van der Waals surface area contributed by atoms with Gasteiger partial charge in [-0.2, -0.15) is 4.98 Å². The van der Waals surface area contributed by atoms with E-state index in [0.29, 0.717) is 16.4 Å². The summed E-state index contributed by atoms with van der Waals surface area (Å²) in [5.41, 5.74) is 1.61. The molecule has 0 amide bonds. The number of aromatic amines is 1. The molecule has 100 valence electrons. The average Bonchev–Trinajstić information content (AvgIpc) is 2.26. The van der Waals surface area contributed by atoms with Crippen molar-refractivity contribution >= 4 is 11.6 Å². The van der Waals surface area contributed by atoms with Crippen LogP contribution in [0.25, 0.3) is 11.4 Å². The van der Waals surface area contributed by atoms with Crippen LogP contribution >= 0.6 is 11.6 Å². The molecule has 2 aromatic rings. The Hall–Kier alpha value is -1.81. The summed E-state index contributed by atoms with van der Waals surface area (Å²) in [6.45, 7) is 5.53. The van der Waals surface area contributed by atoms with Crippen LogP contribution in [0.1, 0.15) is 30.9 Å². The molecule has 4 nitrogen and oxygen atoms in total. The van der Waals surface area contributed by atoms with Gasteiger partial charge in [-0.05, 0) is 36.6 Å². The zero-order valence-corrected chi connectivity index (χ0v) is 11.7. The van der Waals surface area contributed by atoms with Gasteiger partial charge in [-0.1, -0.05) is 25.4 Å². The summed E-state index contributed by atoms with van der Waals surface area (Å²) in [7, 11) is 0. The molecule has 1 heterocycles. The number of nitrogens with zero attached hydrogens (tertiary/aromatic N) is 1. The summed E-state index contributed by atoms with van der Waals surface area (Å²) in [6, 6.07) is 5.27. The van der Waals surface area contributed by atoms with Gasteiger partial charge in [0.1, 0.15) is 5.82 Å². The highest BCUT2D eigenvalue weighted by atomic mass is 35.5. The van der Waals surface area contributed by atoms with Crippen LogP contribution in [0, 0.1) is 6.92 Å². The predicted molar refractivity (Wildman–Crippen MR) is 75.8 cm³/mol. The maximum atomic E-state index is 12.0. The Balaban J connectivity index is 2.62. The molecular formula is C14H15ClN2O2. The van der Waals surface area contributed by atoms with Crippen molar-refractivity contribution in [3.8, 4) is 17.3 Å². The second kappa shape index (κ2) is 5.05. The Bertz CT molecular complexity index is 678. The molecular weight excluding hydrogens is 264 g/mol. The van der Waals surface area contributed by atoms with E-state index in [-0.39, 0.29) is 17.4 Å². The molecule has 1 aromatic heterocycles. The number of H-pyrrole nitrogens is 1. The fraction of sp³-hybridized carbons (Fsp3) is 0.286. The molecule has 0 bridgehead atoms. The van der Waals surface area contributed by atoms with Crippen LogP contribution in [0.15, 0.2) is 23.0 Å². The Morgan fingerprint density at radius 1 is 1.37 bits per heavy atom. The SMILES string of the molecule is Cc1cc(Cl)ccc1-c1nc(O)c(C(C)C)c(=O)[nH]1. The topological polar surface area (TPSA) is 66.0 Å². The molecule has 0 saturated carbocycles. The third-order valence-electron chi connectivity index (χ3n) is 2.96. The van der Waals surface area contributed by atoms with E-state index in [1.807, 2.05) is 20.8 Å². The van der Waals surface area contributed by atoms with Gasteiger partial charge in [0.15, 0.2) is 0 Å². The highest BCUT2D eigenvalue weighted by Crippen LogP contribution is 2.26. The van der Waals surface area contributed by atoms with Crippen LogP contribution in [-0.4, -0.2) is 15.1 Å². The van der Waals surface area contributed by atoms with Gasteiger partial charge in [0.05, 0.1) is 5.56 Å². The van der Waals surface area contributed by atoms with Crippen LogP contribution < -0.4 is 5.56 Å². The highest BCUT2D eigenvalue weighted by Gasteiger charge is 2.15. The second-order valence-corrected chi connectivity index (χ2v) is 5.20. The van der Waals surface area contributed by atoms with Gasteiger partial charge < -0.3 is 10.1 Å². The van der Waals surface area contributed by atoms with Gasteiger partial charge >= 0.3 is 0 Å². The number of rotatable bonds is 2. The second-order valence-electron chi connectivity index (χ2n) is 4.77. The molecule has 1 aromatic carbocycles. The van der Waals surface area contributed by atoms with Crippen LogP contribution in [-0.2, 0) is 0 Å². The van der Waals surface area contributed by atoms with E-state index in [1.165, 1.54) is 0 Å². The van der Waals surface area contributed by atoms with Crippen LogP contribution in [0.5, 0.6) is 5.88 Å². The zero-order valence-electron chi connectivity index (χ0n) is 11.0. The van der Waals surface area contributed by atoms with Gasteiger partial charge in [-0.3, -0.25) is 4.79 Å². The monoisotopic (exact) mass is 278 g/mol. The molecule has 2 N–H and O–H groups in total. The van der Waals surface area contributed by atoms with Crippen molar-refractivity contribution in [1.29, 1.82) is 0 Å². The van der Waals surface area contributed by atoms with Gasteiger partial charge in [-0.15, -0.1) is 0 Å². The minimum atomic E-state index is -0.313. The number of hydrogen-bond acceptors (Lipinski definition) is 3. The highest BCUT2D eigenvalue weighted by molar-refractivity contribution is 6.30. The molecule has 0 aliphatic heterocycles. The fourth-order valence-electron chi connectivity index (χ4n) is 2.01. The lowest BCUT2D eigenvalue weighted by atomic mass is 10.1. The predicted octanol–water partition coefficient (Wildman–Crippen LogP) is 3.23. The number of aromatic nitrogens is 2. The van der Waals surface area contributed by atoms with Gasteiger partial charge in [0, 0.05) is 10.6 Å². The number of nitrogens with one attached hydrogen (secondary N) is 1. The minimum Gasteiger partial charge on any atom is -0.493 e. The summed E-state index contributed by atoms with van der Waals surface area (Å²) >= 11 is 5.89. The van der Waals surface area contributed by atoms with Crippen molar-refractivity contribution in [2.45, 2.75) is 26.7 Å². The summed E-state index contributed by atoms with van der Waals surface area (Å²) < 4.78 is 0. The van der Waals surface area contributed by atoms with Crippen molar-refractivity contribution in [2.24, 2.45) is 0 Å². The fourth-order valence-corrected chi connectivity index (χ4v) is 2.24. The third kappa shape index (κ3) is 2.63. The quantitative estimate of drug-likeness (QED) is 0.886.